The third-order valence-electron chi connectivity index (χ3n) is 9.24. The van der Waals surface area contributed by atoms with Gasteiger partial charge >= 0.3 is 0 Å². The molecule has 0 aromatic heterocycles. The third-order valence-corrected chi connectivity index (χ3v) is 9.24. The Morgan fingerprint density at radius 1 is 0.667 bits per heavy atom. The van der Waals surface area contributed by atoms with Crippen molar-refractivity contribution in [2.45, 2.75) is 98.8 Å². The van der Waals surface area contributed by atoms with Crippen LogP contribution in [0.25, 0.3) is 0 Å². The molecule has 0 nitrogen and oxygen atoms in total. The summed E-state index contributed by atoms with van der Waals surface area (Å²) in [5.74, 6) is 3.20. The molecule has 0 spiro atoms. The Kier molecular flexibility index (Phi) is 3.78. The monoisotopic (exact) mass is 290 g/mol. The van der Waals surface area contributed by atoms with Gasteiger partial charge in [0.15, 0.2) is 0 Å². The fourth-order valence-electron chi connectivity index (χ4n) is 7.68. The van der Waals surface area contributed by atoms with E-state index in [0.717, 1.165) is 17.8 Å². The van der Waals surface area contributed by atoms with Gasteiger partial charge in [-0.3, -0.25) is 0 Å². The standard InChI is InChI=1S/C20H34.CH4/c1-18-11-6-13-20(18,3)17-9-8-15-7-4-5-12-19(15,2)16(17)10-14-18;/h15-17H,4-14H2,1-3H3;1H4. The van der Waals surface area contributed by atoms with Crippen LogP contribution >= 0.6 is 0 Å². The highest BCUT2D eigenvalue weighted by molar-refractivity contribution is 5.11. The van der Waals surface area contributed by atoms with E-state index in [9.17, 15) is 0 Å². The zero-order valence-corrected chi connectivity index (χ0v) is 14.0. The zero-order valence-electron chi connectivity index (χ0n) is 14.0. The highest BCUT2D eigenvalue weighted by Gasteiger charge is 2.62. The van der Waals surface area contributed by atoms with E-state index in [4.69, 9.17) is 0 Å². The van der Waals surface area contributed by atoms with Gasteiger partial charge in [0, 0.05) is 0 Å². The van der Waals surface area contributed by atoms with E-state index >= 15 is 0 Å². The molecule has 0 amide bonds. The van der Waals surface area contributed by atoms with Gasteiger partial charge in [0.05, 0.1) is 0 Å². The van der Waals surface area contributed by atoms with E-state index in [2.05, 4.69) is 20.8 Å². The molecule has 0 aromatic carbocycles. The minimum Gasteiger partial charge on any atom is -0.0776 e. The highest BCUT2D eigenvalue weighted by Crippen LogP contribution is 2.71. The van der Waals surface area contributed by atoms with Crippen molar-refractivity contribution in [3.05, 3.63) is 0 Å². The van der Waals surface area contributed by atoms with Crippen LogP contribution in [0.15, 0.2) is 0 Å². The molecule has 6 atom stereocenters. The first-order valence-corrected chi connectivity index (χ1v) is 9.50. The van der Waals surface area contributed by atoms with E-state index < -0.39 is 0 Å². The van der Waals surface area contributed by atoms with Crippen molar-refractivity contribution in [3.63, 3.8) is 0 Å². The van der Waals surface area contributed by atoms with Gasteiger partial charge in [-0.2, -0.15) is 0 Å². The summed E-state index contributed by atoms with van der Waals surface area (Å²) < 4.78 is 0. The van der Waals surface area contributed by atoms with Crippen molar-refractivity contribution in [3.8, 4) is 0 Å². The molecular weight excluding hydrogens is 252 g/mol. The highest BCUT2D eigenvalue weighted by atomic mass is 14.7. The molecule has 0 saturated heterocycles. The van der Waals surface area contributed by atoms with Gasteiger partial charge in [-0.25, -0.2) is 0 Å². The van der Waals surface area contributed by atoms with Gasteiger partial charge in [-0.1, -0.05) is 47.5 Å². The molecule has 6 unspecified atom stereocenters. The first-order chi connectivity index (χ1) is 9.50. The van der Waals surface area contributed by atoms with Crippen molar-refractivity contribution in [1.82, 2.24) is 0 Å². The first kappa shape index (κ1) is 15.9. The SMILES string of the molecule is C.CC12CCCCC1CCC1C2CCC2(C)CCCC12C. The molecule has 122 valence electrons. The van der Waals surface area contributed by atoms with Crippen LogP contribution in [-0.2, 0) is 0 Å². The van der Waals surface area contributed by atoms with Crippen molar-refractivity contribution >= 4 is 0 Å². The summed E-state index contributed by atoms with van der Waals surface area (Å²) in [5.41, 5.74) is 2.08. The summed E-state index contributed by atoms with van der Waals surface area (Å²) in [6, 6.07) is 0. The number of rotatable bonds is 0. The molecule has 0 heterocycles. The first-order valence-electron chi connectivity index (χ1n) is 9.50. The van der Waals surface area contributed by atoms with Gasteiger partial charge in [0.25, 0.3) is 0 Å². The quantitative estimate of drug-likeness (QED) is 0.458. The number of hydrogen-bond donors (Lipinski definition) is 0. The van der Waals surface area contributed by atoms with Crippen LogP contribution in [0, 0.1) is 34.0 Å². The molecule has 0 aliphatic heterocycles. The van der Waals surface area contributed by atoms with Gasteiger partial charge in [-0.15, -0.1) is 0 Å². The number of fused-ring (bicyclic) bond motifs is 5. The second kappa shape index (κ2) is 5.00. The predicted molar refractivity (Wildman–Crippen MR) is 92.3 cm³/mol. The second-order valence-corrected chi connectivity index (χ2v) is 9.61. The van der Waals surface area contributed by atoms with E-state index in [1.165, 1.54) is 38.5 Å². The minimum absolute atomic E-state index is 0. The topological polar surface area (TPSA) is 0 Å². The maximum Gasteiger partial charge on any atom is -0.0241 e. The van der Waals surface area contributed by atoms with Crippen molar-refractivity contribution in [2.24, 2.45) is 34.0 Å². The van der Waals surface area contributed by atoms with E-state index in [0.29, 0.717) is 16.2 Å². The Morgan fingerprint density at radius 2 is 1.48 bits per heavy atom. The Morgan fingerprint density at radius 3 is 2.29 bits per heavy atom. The largest absolute Gasteiger partial charge is 0.0776 e. The molecular formula is C21H38. The molecule has 0 radical (unpaired) electrons. The van der Waals surface area contributed by atoms with Gasteiger partial charge < -0.3 is 0 Å². The zero-order chi connectivity index (χ0) is 14.0. The van der Waals surface area contributed by atoms with Crippen molar-refractivity contribution in [1.29, 1.82) is 0 Å². The summed E-state index contributed by atoms with van der Waals surface area (Å²) in [6.07, 6.45) is 16.9. The van der Waals surface area contributed by atoms with E-state index in [1.807, 2.05) is 0 Å². The van der Waals surface area contributed by atoms with E-state index in [-0.39, 0.29) is 7.43 Å². The van der Waals surface area contributed by atoms with Crippen LogP contribution in [0.4, 0.5) is 0 Å². The Bertz CT molecular complexity index is 399. The summed E-state index contributed by atoms with van der Waals surface area (Å²) in [5, 5.41) is 0. The van der Waals surface area contributed by atoms with Crippen LogP contribution in [0.1, 0.15) is 98.8 Å². The summed E-state index contributed by atoms with van der Waals surface area (Å²) in [6.45, 7) is 8.05. The van der Waals surface area contributed by atoms with Gasteiger partial charge in [-0.05, 0) is 85.4 Å². The van der Waals surface area contributed by atoms with E-state index in [1.54, 1.807) is 32.1 Å². The van der Waals surface area contributed by atoms with Gasteiger partial charge in [0.1, 0.15) is 0 Å². The van der Waals surface area contributed by atoms with Crippen molar-refractivity contribution < 1.29 is 0 Å². The second-order valence-electron chi connectivity index (χ2n) is 9.61. The molecule has 0 N–H and O–H groups in total. The minimum atomic E-state index is 0. The Labute approximate surface area is 133 Å². The lowest BCUT2D eigenvalue weighted by molar-refractivity contribution is -0.144. The maximum atomic E-state index is 2.70. The van der Waals surface area contributed by atoms with Crippen LogP contribution in [0.3, 0.4) is 0 Å². The lowest BCUT2D eigenvalue weighted by Gasteiger charge is -2.63. The van der Waals surface area contributed by atoms with Crippen molar-refractivity contribution in [2.75, 3.05) is 0 Å². The van der Waals surface area contributed by atoms with Gasteiger partial charge in [0.2, 0.25) is 0 Å². The van der Waals surface area contributed by atoms with Crippen LogP contribution < -0.4 is 0 Å². The average molecular weight is 291 g/mol. The average Bonchev–Trinajstić information content (AvgIpc) is 2.74. The lowest BCUT2D eigenvalue weighted by Crippen LogP contribution is -2.55. The lowest BCUT2D eigenvalue weighted by atomic mass is 9.41. The number of hydrogen-bond acceptors (Lipinski definition) is 0. The molecule has 4 saturated carbocycles. The summed E-state index contributed by atoms with van der Waals surface area (Å²) in [7, 11) is 0. The molecule has 0 aromatic rings. The fraction of sp³-hybridized carbons (Fsp3) is 1.00. The molecule has 0 bridgehead atoms. The van der Waals surface area contributed by atoms with Crippen LogP contribution in [0.2, 0.25) is 0 Å². The summed E-state index contributed by atoms with van der Waals surface area (Å²) in [4.78, 5) is 0. The normalized spacial score (nSPS) is 55.9. The molecule has 21 heavy (non-hydrogen) atoms. The fourth-order valence-corrected chi connectivity index (χ4v) is 7.68. The molecule has 4 rings (SSSR count). The predicted octanol–water partition coefficient (Wildman–Crippen LogP) is 6.84. The van der Waals surface area contributed by atoms with Crippen LogP contribution in [0.5, 0.6) is 0 Å². The maximum absolute atomic E-state index is 2.70. The summed E-state index contributed by atoms with van der Waals surface area (Å²) >= 11 is 0. The van der Waals surface area contributed by atoms with Crippen LogP contribution in [-0.4, -0.2) is 0 Å². The smallest absolute Gasteiger partial charge is 0.0241 e. The molecule has 4 aliphatic rings. The third kappa shape index (κ3) is 1.93. The molecule has 0 heteroatoms. The Balaban J connectivity index is 0.00000132. The Hall–Kier alpha value is 0. The molecule has 4 fully saturated rings. The molecule has 4 aliphatic carbocycles.